The zero-order valence-electron chi connectivity index (χ0n) is 13.0. The predicted octanol–water partition coefficient (Wildman–Crippen LogP) is 4.18. The Hall–Kier alpha value is -2.26. The molecule has 140 valence electrons. The lowest BCUT2D eigenvalue weighted by Gasteiger charge is -2.13. The summed E-state index contributed by atoms with van der Waals surface area (Å²) in [7, 11) is -4.16. The summed E-state index contributed by atoms with van der Waals surface area (Å²) in [5, 5.41) is 8.45. The van der Waals surface area contributed by atoms with Gasteiger partial charge in [-0.05, 0) is 42.3 Å². The first-order valence-electron chi connectivity index (χ1n) is 7.19. The van der Waals surface area contributed by atoms with E-state index in [0.717, 1.165) is 12.1 Å². The van der Waals surface area contributed by atoms with Crippen molar-refractivity contribution in [1.29, 1.82) is 0 Å². The molecule has 0 radical (unpaired) electrons. The van der Waals surface area contributed by atoms with Gasteiger partial charge in [0.05, 0.1) is 21.2 Å². The standard InChI is InChI=1S/C16H13ClF3NO4S/c17-13-7-4-11(16(18,19)20)9-14(13)21-26(24,25)12-5-1-10(2-6-12)3-8-15(22)23/h1-2,4-7,9,21H,3,8H2,(H,22,23). The second kappa shape index (κ2) is 7.55. The Labute approximate surface area is 152 Å². The molecular formula is C16H13ClF3NO4S. The van der Waals surface area contributed by atoms with Crippen LogP contribution in [0, 0.1) is 0 Å². The van der Waals surface area contributed by atoms with E-state index in [0.29, 0.717) is 11.6 Å². The third-order valence-electron chi connectivity index (χ3n) is 3.40. The van der Waals surface area contributed by atoms with Gasteiger partial charge in [-0.15, -0.1) is 0 Å². The summed E-state index contributed by atoms with van der Waals surface area (Å²) in [6.07, 6.45) is -4.52. The van der Waals surface area contributed by atoms with Crippen LogP contribution in [0.4, 0.5) is 18.9 Å². The van der Waals surface area contributed by atoms with Crippen molar-refractivity contribution in [3.63, 3.8) is 0 Å². The number of aliphatic carboxylic acids is 1. The number of hydrogen-bond acceptors (Lipinski definition) is 3. The number of sulfonamides is 1. The molecule has 0 bridgehead atoms. The van der Waals surface area contributed by atoms with Gasteiger partial charge in [-0.1, -0.05) is 23.7 Å². The minimum atomic E-state index is -4.64. The summed E-state index contributed by atoms with van der Waals surface area (Å²) in [5.74, 6) is -0.984. The first-order valence-corrected chi connectivity index (χ1v) is 9.05. The van der Waals surface area contributed by atoms with Crippen LogP contribution in [0.25, 0.3) is 0 Å². The zero-order valence-corrected chi connectivity index (χ0v) is 14.6. The van der Waals surface area contributed by atoms with E-state index in [9.17, 15) is 26.4 Å². The van der Waals surface area contributed by atoms with E-state index in [2.05, 4.69) is 0 Å². The minimum absolute atomic E-state index is 0.107. The summed E-state index contributed by atoms with van der Waals surface area (Å²) < 4.78 is 65.0. The fraction of sp³-hybridized carbons (Fsp3) is 0.188. The van der Waals surface area contributed by atoms with Crippen LogP contribution < -0.4 is 4.72 Å². The lowest BCUT2D eigenvalue weighted by atomic mass is 10.1. The number of alkyl halides is 3. The Morgan fingerprint density at radius 1 is 1.12 bits per heavy atom. The van der Waals surface area contributed by atoms with Crippen LogP contribution in [0.3, 0.4) is 0 Å². The first-order chi connectivity index (χ1) is 12.0. The quantitative estimate of drug-likeness (QED) is 0.752. The maximum atomic E-state index is 12.8. The largest absolute Gasteiger partial charge is 0.481 e. The highest BCUT2D eigenvalue weighted by atomic mass is 35.5. The summed E-state index contributed by atoms with van der Waals surface area (Å²) in [6.45, 7) is 0. The molecule has 10 heteroatoms. The Morgan fingerprint density at radius 3 is 2.27 bits per heavy atom. The molecule has 0 aromatic heterocycles. The number of hydrogen-bond donors (Lipinski definition) is 2. The van der Waals surface area contributed by atoms with E-state index in [4.69, 9.17) is 16.7 Å². The molecule has 0 spiro atoms. The maximum Gasteiger partial charge on any atom is 0.416 e. The van der Waals surface area contributed by atoms with Crippen molar-refractivity contribution in [2.75, 3.05) is 4.72 Å². The second-order valence-corrected chi connectivity index (χ2v) is 7.43. The van der Waals surface area contributed by atoms with Crippen LogP contribution in [0.1, 0.15) is 17.5 Å². The monoisotopic (exact) mass is 407 g/mol. The summed E-state index contributed by atoms with van der Waals surface area (Å²) in [5.41, 5.74) is -0.816. The average Bonchev–Trinajstić information content (AvgIpc) is 2.54. The third kappa shape index (κ3) is 5.12. The normalized spacial score (nSPS) is 12.0. The van der Waals surface area contributed by atoms with Gasteiger partial charge in [-0.3, -0.25) is 9.52 Å². The molecule has 2 N–H and O–H groups in total. The molecule has 0 aliphatic rings. The Kier molecular flexibility index (Phi) is 5.82. The maximum absolute atomic E-state index is 12.8. The predicted molar refractivity (Wildman–Crippen MR) is 89.7 cm³/mol. The minimum Gasteiger partial charge on any atom is -0.481 e. The molecule has 2 aromatic rings. The number of halogens is 4. The highest BCUT2D eigenvalue weighted by molar-refractivity contribution is 7.92. The number of nitrogens with one attached hydrogen (secondary N) is 1. The van der Waals surface area contributed by atoms with Gasteiger partial charge in [0.1, 0.15) is 0 Å². The lowest BCUT2D eigenvalue weighted by molar-refractivity contribution is -0.138. The molecule has 0 fully saturated rings. The summed E-state index contributed by atoms with van der Waals surface area (Å²) >= 11 is 5.79. The van der Waals surface area contributed by atoms with E-state index < -0.39 is 33.4 Å². The molecule has 0 aliphatic heterocycles. The fourth-order valence-electron chi connectivity index (χ4n) is 2.07. The zero-order chi connectivity index (χ0) is 19.5. The van der Waals surface area contributed by atoms with E-state index >= 15 is 0 Å². The van der Waals surface area contributed by atoms with Crippen molar-refractivity contribution >= 4 is 33.3 Å². The molecule has 26 heavy (non-hydrogen) atoms. The molecule has 2 rings (SSSR count). The first kappa shape index (κ1) is 20.1. The summed E-state index contributed by atoms with van der Waals surface area (Å²) in [6, 6.07) is 7.66. The van der Waals surface area contributed by atoms with E-state index in [1.807, 2.05) is 4.72 Å². The van der Waals surface area contributed by atoms with Gasteiger partial charge in [-0.2, -0.15) is 13.2 Å². The molecule has 2 aromatic carbocycles. The van der Waals surface area contributed by atoms with Crippen LogP contribution in [0.5, 0.6) is 0 Å². The molecule has 0 aliphatic carbocycles. The molecule has 5 nitrogen and oxygen atoms in total. The van der Waals surface area contributed by atoms with Crippen LogP contribution >= 0.6 is 11.6 Å². The van der Waals surface area contributed by atoms with Crippen molar-refractivity contribution in [2.45, 2.75) is 23.9 Å². The lowest BCUT2D eigenvalue weighted by Crippen LogP contribution is -2.14. The van der Waals surface area contributed by atoms with Crippen molar-refractivity contribution in [3.05, 3.63) is 58.6 Å². The van der Waals surface area contributed by atoms with Crippen molar-refractivity contribution in [1.82, 2.24) is 0 Å². The van der Waals surface area contributed by atoms with Gasteiger partial charge < -0.3 is 5.11 Å². The smallest absolute Gasteiger partial charge is 0.416 e. The van der Waals surface area contributed by atoms with Crippen molar-refractivity contribution < 1.29 is 31.5 Å². The van der Waals surface area contributed by atoms with Gasteiger partial charge in [0.25, 0.3) is 10.0 Å². The third-order valence-corrected chi connectivity index (χ3v) is 5.11. The van der Waals surface area contributed by atoms with E-state index in [1.54, 1.807) is 0 Å². The molecular weight excluding hydrogens is 395 g/mol. The van der Waals surface area contributed by atoms with Crippen LogP contribution in [0.2, 0.25) is 5.02 Å². The SMILES string of the molecule is O=C(O)CCc1ccc(S(=O)(=O)Nc2cc(C(F)(F)F)ccc2Cl)cc1. The number of benzene rings is 2. The van der Waals surface area contributed by atoms with Crippen molar-refractivity contribution in [3.8, 4) is 0 Å². The van der Waals surface area contributed by atoms with Gasteiger partial charge in [0.2, 0.25) is 0 Å². The molecule has 0 unspecified atom stereocenters. The number of carboxylic acids is 1. The Bertz CT molecular complexity index is 912. The van der Waals surface area contributed by atoms with Gasteiger partial charge in [-0.25, -0.2) is 8.42 Å². The number of anilines is 1. The number of aryl methyl sites for hydroxylation is 1. The van der Waals surface area contributed by atoms with Crippen LogP contribution in [0.15, 0.2) is 47.4 Å². The van der Waals surface area contributed by atoms with E-state index in [1.165, 1.54) is 24.3 Å². The highest BCUT2D eigenvalue weighted by Gasteiger charge is 2.31. The number of rotatable bonds is 6. The summed E-state index contributed by atoms with van der Waals surface area (Å²) in [4.78, 5) is 10.3. The van der Waals surface area contributed by atoms with Gasteiger partial charge >= 0.3 is 12.1 Å². The Morgan fingerprint density at radius 2 is 1.73 bits per heavy atom. The molecule has 0 saturated heterocycles. The van der Waals surface area contributed by atoms with Gasteiger partial charge in [0.15, 0.2) is 0 Å². The molecule has 0 heterocycles. The van der Waals surface area contributed by atoms with E-state index in [-0.39, 0.29) is 22.8 Å². The Balaban J connectivity index is 2.25. The highest BCUT2D eigenvalue weighted by Crippen LogP contribution is 2.34. The molecule has 0 amide bonds. The topological polar surface area (TPSA) is 83.5 Å². The molecule has 0 saturated carbocycles. The fourth-order valence-corrected chi connectivity index (χ4v) is 3.36. The molecule has 0 atom stereocenters. The van der Waals surface area contributed by atoms with Crippen LogP contribution in [-0.4, -0.2) is 19.5 Å². The second-order valence-electron chi connectivity index (χ2n) is 5.34. The average molecular weight is 408 g/mol. The number of carbonyl (C=O) groups is 1. The van der Waals surface area contributed by atoms with Gasteiger partial charge in [0, 0.05) is 6.42 Å². The number of carboxylic acid groups (broad SMARTS) is 1. The van der Waals surface area contributed by atoms with Crippen LogP contribution in [-0.2, 0) is 27.4 Å². The van der Waals surface area contributed by atoms with Crippen molar-refractivity contribution in [2.24, 2.45) is 0 Å².